The SMILES string of the molecule is CC1(C)OC(=O)C2(C(=O)O1)[C@@H](c1ccc([N+](=O)[O-])cc1)C1=C(C[C@@H](c3ccc([N+](=O)[O-])cc3)C3(C(=O)OC(C)(C)OC3=O)[C@H]1c1ccc([N+](=O)[O-])cc1)N(c1ccccc1)[C@H]2c1ccc([N+](=O)[O-])cc1. The Morgan fingerprint density at radius 3 is 1.16 bits per heavy atom. The van der Waals surface area contributed by atoms with Gasteiger partial charge in [0, 0.05) is 105 Å². The Balaban J connectivity index is 1.51. The molecule has 21 heteroatoms. The van der Waals surface area contributed by atoms with Crippen LogP contribution in [-0.2, 0) is 38.1 Å². The highest BCUT2D eigenvalue weighted by Gasteiger charge is 2.76. The minimum absolute atomic E-state index is 0.0231. The van der Waals surface area contributed by atoms with Gasteiger partial charge in [-0.1, -0.05) is 66.7 Å². The van der Waals surface area contributed by atoms with E-state index in [1.807, 2.05) is 0 Å². The molecular formula is C49H39N5O16. The zero-order valence-electron chi connectivity index (χ0n) is 37.4. The van der Waals surface area contributed by atoms with Crippen molar-refractivity contribution in [2.45, 2.75) is 69.5 Å². The Hall–Kier alpha value is -8.88. The lowest BCUT2D eigenvalue weighted by molar-refractivity contribution is -0.385. The van der Waals surface area contributed by atoms with Gasteiger partial charge in [0.05, 0.1) is 25.7 Å². The van der Waals surface area contributed by atoms with Crippen LogP contribution in [0.5, 0.6) is 0 Å². The van der Waals surface area contributed by atoms with Gasteiger partial charge in [-0.05, 0) is 46.4 Å². The highest BCUT2D eigenvalue weighted by Crippen LogP contribution is 2.71. The molecule has 2 spiro atoms. The van der Waals surface area contributed by atoms with Gasteiger partial charge in [0.15, 0.2) is 10.8 Å². The summed E-state index contributed by atoms with van der Waals surface area (Å²) in [7, 11) is 0. The summed E-state index contributed by atoms with van der Waals surface area (Å²) in [6.07, 6.45) is -0.380. The Bertz CT molecular complexity index is 2980. The normalized spacial score (nSPS) is 22.8. The second kappa shape index (κ2) is 16.4. The predicted octanol–water partition coefficient (Wildman–Crippen LogP) is 8.53. The van der Waals surface area contributed by atoms with Crippen molar-refractivity contribution in [1.82, 2.24) is 0 Å². The molecule has 2 fully saturated rings. The van der Waals surface area contributed by atoms with Crippen molar-refractivity contribution < 1.29 is 57.8 Å². The first-order chi connectivity index (χ1) is 33.1. The maximum atomic E-state index is 15.8. The van der Waals surface area contributed by atoms with Crippen LogP contribution >= 0.6 is 0 Å². The van der Waals surface area contributed by atoms with Gasteiger partial charge in [0.1, 0.15) is 0 Å². The minimum atomic E-state index is -2.70. The number of carbonyl (C=O) groups excluding carboxylic acids is 4. The molecule has 0 N–H and O–H groups in total. The van der Waals surface area contributed by atoms with E-state index in [0.29, 0.717) is 5.69 Å². The third-order valence-corrected chi connectivity index (χ3v) is 13.3. The molecule has 4 aliphatic rings. The van der Waals surface area contributed by atoms with Gasteiger partial charge in [-0.2, -0.15) is 0 Å². The Kier molecular flexibility index (Phi) is 10.8. The molecule has 21 nitrogen and oxygen atoms in total. The number of rotatable bonds is 9. The van der Waals surface area contributed by atoms with Crippen molar-refractivity contribution >= 4 is 52.3 Å². The molecule has 1 aliphatic carbocycles. The summed E-state index contributed by atoms with van der Waals surface area (Å²) < 4.78 is 24.2. The van der Waals surface area contributed by atoms with E-state index in [2.05, 4.69) is 0 Å². The van der Waals surface area contributed by atoms with Crippen molar-refractivity contribution in [2.75, 3.05) is 4.90 Å². The second-order valence-corrected chi connectivity index (χ2v) is 18.1. The van der Waals surface area contributed by atoms with Gasteiger partial charge in [-0.25, -0.2) is 0 Å². The molecule has 5 aromatic carbocycles. The van der Waals surface area contributed by atoms with Crippen molar-refractivity contribution in [2.24, 2.45) is 10.8 Å². The fraction of sp³-hybridized carbons (Fsp3) is 0.265. The maximum absolute atomic E-state index is 15.8. The number of nitro benzene ring substituents is 4. The van der Waals surface area contributed by atoms with Crippen LogP contribution in [0.4, 0.5) is 28.4 Å². The highest BCUT2D eigenvalue weighted by atomic mass is 16.8. The average molecular weight is 954 g/mol. The standard InChI is InChI=1S/C49H39N5O16/c1-46(2)67-42(55)48(43(56)68-46)36(27-10-18-32(19-11-27)51(59)60)26-37-38(39(48)28-12-20-33(21-13-28)52(61)62)40(29-14-22-34(23-15-29)53(63)64)49(44(57)69-47(3,4)70-45(49)58)41(50(37)31-8-6-5-7-9-31)30-16-24-35(25-17-30)54(65)66/h5-25,36,39-41H,26H2,1-4H3/t36-,39-,40-,41-/m0/s1. The van der Waals surface area contributed by atoms with Crippen molar-refractivity contribution in [3.05, 3.63) is 201 Å². The number of hydrogen-bond acceptors (Lipinski definition) is 17. The second-order valence-electron chi connectivity index (χ2n) is 18.1. The van der Waals surface area contributed by atoms with Crippen LogP contribution in [0.2, 0.25) is 0 Å². The van der Waals surface area contributed by atoms with E-state index < -0.39 is 101 Å². The molecule has 0 saturated carbocycles. The summed E-state index contributed by atoms with van der Waals surface area (Å²) in [4.78, 5) is 110. The first-order valence-electron chi connectivity index (χ1n) is 21.6. The Labute approximate surface area is 395 Å². The number of benzene rings is 5. The van der Waals surface area contributed by atoms with Crippen LogP contribution < -0.4 is 4.90 Å². The number of nitrogens with zero attached hydrogens (tertiary/aromatic N) is 5. The van der Waals surface area contributed by atoms with Crippen molar-refractivity contribution in [3.8, 4) is 0 Å². The number of cyclic esters (lactones) is 4. The number of ether oxygens (including phenoxy) is 4. The average Bonchev–Trinajstić information content (AvgIpc) is 3.31. The predicted molar refractivity (Wildman–Crippen MR) is 241 cm³/mol. The first kappa shape index (κ1) is 46.2. The van der Waals surface area contributed by atoms with Crippen LogP contribution in [0.25, 0.3) is 0 Å². The summed E-state index contributed by atoms with van der Waals surface area (Å²) >= 11 is 0. The monoisotopic (exact) mass is 953 g/mol. The van der Waals surface area contributed by atoms with E-state index in [1.165, 1.54) is 100 Å². The van der Waals surface area contributed by atoms with E-state index in [1.54, 1.807) is 35.2 Å². The van der Waals surface area contributed by atoms with Crippen LogP contribution in [0.15, 0.2) is 139 Å². The molecule has 0 unspecified atom stereocenters. The van der Waals surface area contributed by atoms with Gasteiger partial charge in [-0.15, -0.1) is 0 Å². The minimum Gasteiger partial charge on any atom is -0.422 e. The molecule has 3 aliphatic heterocycles. The third kappa shape index (κ3) is 7.15. The summed E-state index contributed by atoms with van der Waals surface area (Å²) in [5, 5.41) is 48.4. The van der Waals surface area contributed by atoms with Gasteiger partial charge >= 0.3 is 23.9 Å². The molecule has 0 amide bonds. The number of non-ortho nitro benzene ring substituents is 4. The Morgan fingerprint density at radius 2 is 0.786 bits per heavy atom. The number of esters is 4. The number of hydrogen-bond donors (Lipinski definition) is 0. The number of allylic oxidation sites excluding steroid dienone is 2. The molecule has 4 atom stereocenters. The highest BCUT2D eigenvalue weighted by molar-refractivity contribution is 6.08. The number of anilines is 1. The fourth-order valence-electron chi connectivity index (χ4n) is 10.6. The molecule has 0 bridgehead atoms. The maximum Gasteiger partial charge on any atom is 0.330 e. The molecule has 0 aromatic heterocycles. The van der Waals surface area contributed by atoms with Gasteiger partial charge in [0.25, 0.3) is 34.3 Å². The molecule has 0 radical (unpaired) electrons. The lowest BCUT2D eigenvalue weighted by Crippen LogP contribution is -2.67. The first-order valence-corrected chi connectivity index (χ1v) is 21.6. The molecule has 3 heterocycles. The largest absolute Gasteiger partial charge is 0.422 e. The molecule has 5 aromatic rings. The smallest absolute Gasteiger partial charge is 0.330 e. The van der Waals surface area contributed by atoms with Gasteiger partial charge in [-0.3, -0.25) is 59.6 Å². The number of para-hydroxylation sites is 1. The van der Waals surface area contributed by atoms with Crippen LogP contribution in [0, 0.1) is 51.3 Å². The summed E-state index contributed by atoms with van der Waals surface area (Å²) in [5.41, 5.74) is -5.93. The molecule has 356 valence electrons. The molecule has 70 heavy (non-hydrogen) atoms. The zero-order chi connectivity index (χ0) is 50.2. The number of nitro groups is 4. The molecule has 9 rings (SSSR count). The van der Waals surface area contributed by atoms with Crippen molar-refractivity contribution in [3.63, 3.8) is 0 Å². The Morgan fingerprint density at radius 1 is 0.457 bits per heavy atom. The fourth-order valence-corrected chi connectivity index (χ4v) is 10.6. The van der Waals surface area contributed by atoms with E-state index in [-0.39, 0.29) is 51.3 Å². The van der Waals surface area contributed by atoms with E-state index >= 15 is 19.2 Å². The molecule has 2 saturated heterocycles. The van der Waals surface area contributed by atoms with Crippen LogP contribution in [0.1, 0.15) is 80.2 Å². The van der Waals surface area contributed by atoms with E-state index in [4.69, 9.17) is 18.9 Å². The summed E-state index contributed by atoms with van der Waals surface area (Å²) in [6, 6.07) is 26.5. The topological polar surface area (TPSA) is 281 Å². The van der Waals surface area contributed by atoms with Crippen molar-refractivity contribution in [1.29, 1.82) is 0 Å². The van der Waals surface area contributed by atoms with E-state index in [0.717, 1.165) is 24.3 Å². The lowest BCUT2D eigenvalue weighted by Gasteiger charge is -2.61. The van der Waals surface area contributed by atoms with Gasteiger partial charge in [0.2, 0.25) is 0 Å². The quantitative estimate of drug-likeness (QED) is 0.0579. The molecular weight excluding hydrogens is 915 g/mol. The number of carbonyl (C=O) groups is 4. The third-order valence-electron chi connectivity index (χ3n) is 13.3. The summed E-state index contributed by atoms with van der Waals surface area (Å²) in [6.45, 7) is 5.28. The van der Waals surface area contributed by atoms with E-state index in [9.17, 15) is 40.5 Å². The zero-order valence-corrected chi connectivity index (χ0v) is 37.4. The van der Waals surface area contributed by atoms with Crippen LogP contribution in [0.3, 0.4) is 0 Å². The lowest BCUT2D eigenvalue weighted by atomic mass is 9.48. The summed E-state index contributed by atoms with van der Waals surface area (Å²) in [5.74, 6) is -13.4. The van der Waals surface area contributed by atoms with Crippen LogP contribution in [-0.4, -0.2) is 55.1 Å². The van der Waals surface area contributed by atoms with Gasteiger partial charge < -0.3 is 23.8 Å².